The number of aliphatic imine (C=N–C) groups is 1. The number of ether oxygens (including phenoxy) is 2. The van der Waals surface area contributed by atoms with Crippen LogP contribution in [0.2, 0.25) is 0 Å². The molecule has 27 heavy (non-hydrogen) atoms. The van der Waals surface area contributed by atoms with Crippen LogP contribution in [-0.4, -0.2) is 54.5 Å². The smallest absolute Gasteiger partial charge is 0.193 e. The zero-order valence-electron chi connectivity index (χ0n) is 16.5. The van der Waals surface area contributed by atoms with Gasteiger partial charge in [-0.05, 0) is 19.1 Å². The number of nitrogens with one attached hydrogen (secondary N) is 1. The Bertz CT molecular complexity index is 705. The maximum atomic E-state index is 5.75. The van der Waals surface area contributed by atoms with Crippen molar-refractivity contribution >= 4 is 29.9 Å². The van der Waals surface area contributed by atoms with Gasteiger partial charge in [-0.15, -0.1) is 24.0 Å². The van der Waals surface area contributed by atoms with Gasteiger partial charge in [-0.1, -0.05) is 6.07 Å². The molecule has 7 nitrogen and oxygen atoms in total. The molecule has 1 aromatic heterocycles. The fraction of sp³-hybridized carbons (Fsp3) is 0.474. The van der Waals surface area contributed by atoms with Crippen LogP contribution >= 0.6 is 24.0 Å². The van der Waals surface area contributed by atoms with Crippen LogP contribution < -0.4 is 14.8 Å². The molecule has 0 saturated heterocycles. The van der Waals surface area contributed by atoms with Crippen molar-refractivity contribution in [1.29, 1.82) is 0 Å². The van der Waals surface area contributed by atoms with E-state index in [9.17, 15) is 0 Å². The highest BCUT2D eigenvalue weighted by Crippen LogP contribution is 2.18. The largest absolute Gasteiger partial charge is 0.497 e. The predicted molar refractivity (Wildman–Crippen MR) is 119 cm³/mol. The molecule has 1 N–H and O–H groups in total. The average Bonchev–Trinajstić information content (AvgIpc) is 3.05. The molecular weight excluding hydrogens is 457 g/mol. The Labute approximate surface area is 178 Å². The van der Waals surface area contributed by atoms with Crippen LogP contribution in [0.5, 0.6) is 11.5 Å². The summed E-state index contributed by atoms with van der Waals surface area (Å²) in [7, 11) is 5.60. The van der Waals surface area contributed by atoms with Crippen molar-refractivity contribution in [1.82, 2.24) is 20.0 Å². The van der Waals surface area contributed by atoms with E-state index in [0.717, 1.165) is 42.5 Å². The zero-order chi connectivity index (χ0) is 18.8. The highest BCUT2D eigenvalue weighted by Gasteiger charge is 2.07. The molecule has 0 atom stereocenters. The third-order valence-electron chi connectivity index (χ3n) is 3.75. The predicted octanol–water partition coefficient (Wildman–Crippen LogP) is 2.91. The molecule has 0 bridgehead atoms. The van der Waals surface area contributed by atoms with E-state index in [0.29, 0.717) is 13.2 Å². The Morgan fingerprint density at radius 2 is 2.11 bits per heavy atom. The summed E-state index contributed by atoms with van der Waals surface area (Å²) in [4.78, 5) is 6.78. The second-order valence-electron chi connectivity index (χ2n) is 5.99. The van der Waals surface area contributed by atoms with Gasteiger partial charge in [0.1, 0.15) is 11.5 Å². The van der Waals surface area contributed by atoms with E-state index in [1.54, 1.807) is 7.11 Å². The molecule has 1 heterocycles. The number of methoxy groups -OCH3 is 1. The molecular formula is C19H30IN5O2. The molecule has 0 radical (unpaired) electrons. The van der Waals surface area contributed by atoms with E-state index in [-0.39, 0.29) is 24.0 Å². The Kier molecular flexibility index (Phi) is 10.6. The molecule has 0 aliphatic rings. The number of hydrogen-bond donors (Lipinski definition) is 1. The third kappa shape index (κ3) is 8.06. The van der Waals surface area contributed by atoms with Crippen molar-refractivity contribution in [2.24, 2.45) is 12.0 Å². The average molecular weight is 487 g/mol. The second kappa shape index (κ2) is 12.4. The highest BCUT2D eigenvalue weighted by atomic mass is 127. The summed E-state index contributed by atoms with van der Waals surface area (Å²) in [5, 5.41) is 7.53. The lowest BCUT2D eigenvalue weighted by Crippen LogP contribution is -2.38. The molecule has 0 saturated carbocycles. The summed E-state index contributed by atoms with van der Waals surface area (Å²) in [5.41, 5.74) is 1.15. The lowest BCUT2D eigenvalue weighted by atomic mass is 10.3. The monoisotopic (exact) mass is 487 g/mol. The van der Waals surface area contributed by atoms with Gasteiger partial charge in [-0.2, -0.15) is 5.10 Å². The van der Waals surface area contributed by atoms with Crippen molar-refractivity contribution in [3.05, 3.63) is 42.2 Å². The minimum absolute atomic E-state index is 0. The summed E-state index contributed by atoms with van der Waals surface area (Å²) in [6, 6.07) is 7.63. The van der Waals surface area contributed by atoms with Crippen LogP contribution in [-0.2, 0) is 13.6 Å². The summed E-state index contributed by atoms with van der Waals surface area (Å²) >= 11 is 0. The third-order valence-corrected chi connectivity index (χ3v) is 3.75. The molecule has 0 fully saturated rings. The minimum atomic E-state index is 0. The van der Waals surface area contributed by atoms with Gasteiger partial charge >= 0.3 is 0 Å². The topological polar surface area (TPSA) is 63.9 Å². The van der Waals surface area contributed by atoms with Crippen molar-refractivity contribution in [3.63, 3.8) is 0 Å². The van der Waals surface area contributed by atoms with Gasteiger partial charge in [0.15, 0.2) is 5.96 Å². The number of hydrogen-bond acceptors (Lipinski definition) is 4. The van der Waals surface area contributed by atoms with E-state index in [1.165, 1.54) is 0 Å². The van der Waals surface area contributed by atoms with Crippen molar-refractivity contribution < 1.29 is 9.47 Å². The molecule has 0 amide bonds. The number of rotatable bonds is 9. The van der Waals surface area contributed by atoms with Crippen LogP contribution in [0.1, 0.15) is 18.9 Å². The first-order valence-corrected chi connectivity index (χ1v) is 8.86. The van der Waals surface area contributed by atoms with Gasteiger partial charge < -0.3 is 19.7 Å². The molecule has 0 spiro atoms. The summed E-state index contributed by atoms with van der Waals surface area (Å²) in [6.45, 7) is 4.97. The molecule has 0 aliphatic heterocycles. The Morgan fingerprint density at radius 1 is 1.33 bits per heavy atom. The Hall–Kier alpha value is -1.97. The SMILES string of the molecule is CCNC(=NCCCOc1cccc(OC)c1)N(C)Cc1cnn(C)c1.I. The maximum absolute atomic E-state index is 5.75. The van der Waals surface area contributed by atoms with Gasteiger partial charge in [-0.3, -0.25) is 9.67 Å². The number of aromatic nitrogens is 2. The number of benzene rings is 1. The van der Waals surface area contributed by atoms with Gasteiger partial charge in [-0.25, -0.2) is 0 Å². The lowest BCUT2D eigenvalue weighted by molar-refractivity contribution is 0.310. The molecule has 0 unspecified atom stereocenters. The van der Waals surface area contributed by atoms with Crippen LogP contribution in [0.3, 0.4) is 0 Å². The number of nitrogens with zero attached hydrogens (tertiary/aromatic N) is 4. The standard InChI is InChI=1S/C19H29N5O2.HI/c1-5-20-19(23(2)14-16-13-22-24(3)15-16)21-10-7-11-26-18-9-6-8-17(12-18)25-4;/h6,8-9,12-13,15H,5,7,10-11,14H2,1-4H3,(H,20,21);1H. The van der Waals surface area contributed by atoms with Gasteiger partial charge in [0.2, 0.25) is 0 Å². The number of halogens is 1. The summed E-state index contributed by atoms with van der Waals surface area (Å²) < 4.78 is 12.8. The molecule has 2 rings (SSSR count). The van der Waals surface area contributed by atoms with E-state index in [2.05, 4.69) is 27.2 Å². The fourth-order valence-corrected chi connectivity index (χ4v) is 2.50. The molecule has 0 aliphatic carbocycles. The van der Waals surface area contributed by atoms with Gasteiger partial charge in [0, 0.05) is 58.0 Å². The van der Waals surface area contributed by atoms with Crippen molar-refractivity contribution in [2.75, 3.05) is 33.9 Å². The summed E-state index contributed by atoms with van der Waals surface area (Å²) in [6.07, 6.45) is 4.73. The Balaban J connectivity index is 0.00000364. The van der Waals surface area contributed by atoms with E-state index < -0.39 is 0 Å². The first-order chi connectivity index (χ1) is 12.6. The molecule has 150 valence electrons. The van der Waals surface area contributed by atoms with E-state index in [4.69, 9.17) is 9.47 Å². The van der Waals surface area contributed by atoms with Crippen molar-refractivity contribution in [2.45, 2.75) is 19.9 Å². The lowest BCUT2D eigenvalue weighted by Gasteiger charge is -2.21. The summed E-state index contributed by atoms with van der Waals surface area (Å²) in [5.74, 6) is 2.50. The van der Waals surface area contributed by atoms with Crippen LogP contribution in [0.15, 0.2) is 41.7 Å². The van der Waals surface area contributed by atoms with Gasteiger partial charge in [0.05, 0.1) is 19.9 Å². The zero-order valence-corrected chi connectivity index (χ0v) is 18.8. The van der Waals surface area contributed by atoms with Gasteiger partial charge in [0.25, 0.3) is 0 Å². The van der Waals surface area contributed by atoms with E-state index in [1.807, 2.05) is 55.4 Å². The number of guanidine groups is 1. The fourth-order valence-electron chi connectivity index (χ4n) is 2.50. The molecule has 8 heteroatoms. The van der Waals surface area contributed by atoms with Crippen LogP contribution in [0.25, 0.3) is 0 Å². The normalized spacial score (nSPS) is 10.9. The highest BCUT2D eigenvalue weighted by molar-refractivity contribution is 14.0. The minimum Gasteiger partial charge on any atom is -0.497 e. The number of aryl methyl sites for hydroxylation is 1. The first-order valence-electron chi connectivity index (χ1n) is 8.86. The molecule has 2 aromatic rings. The quantitative estimate of drug-likeness (QED) is 0.255. The van der Waals surface area contributed by atoms with Crippen LogP contribution in [0, 0.1) is 0 Å². The maximum Gasteiger partial charge on any atom is 0.193 e. The van der Waals surface area contributed by atoms with E-state index >= 15 is 0 Å². The Morgan fingerprint density at radius 3 is 2.78 bits per heavy atom. The second-order valence-corrected chi connectivity index (χ2v) is 5.99. The van der Waals surface area contributed by atoms with Crippen molar-refractivity contribution in [3.8, 4) is 11.5 Å². The first kappa shape index (κ1) is 23.1. The molecule has 1 aromatic carbocycles. The van der Waals surface area contributed by atoms with Crippen LogP contribution in [0.4, 0.5) is 0 Å².